The second-order valence-electron chi connectivity index (χ2n) is 8.14. The summed E-state index contributed by atoms with van der Waals surface area (Å²) in [5.74, 6) is 0.0996. The molecular formula is C22H31N3O3. The molecule has 0 aromatic heterocycles. The van der Waals surface area contributed by atoms with Gasteiger partial charge in [0.2, 0.25) is 11.8 Å². The van der Waals surface area contributed by atoms with Crippen molar-refractivity contribution in [2.24, 2.45) is 0 Å². The fourth-order valence-corrected chi connectivity index (χ4v) is 3.99. The number of hydrogen-bond acceptors (Lipinski definition) is 4. The lowest BCUT2D eigenvalue weighted by molar-refractivity contribution is -0.133. The molecule has 6 heteroatoms. The molecule has 6 nitrogen and oxygen atoms in total. The molecule has 1 heterocycles. The van der Waals surface area contributed by atoms with Gasteiger partial charge in [-0.2, -0.15) is 0 Å². The molecule has 152 valence electrons. The van der Waals surface area contributed by atoms with E-state index in [4.69, 9.17) is 0 Å². The highest BCUT2D eigenvalue weighted by Gasteiger charge is 2.23. The predicted octanol–water partition coefficient (Wildman–Crippen LogP) is 1.81. The Hall–Kier alpha value is -2.21. The summed E-state index contributed by atoms with van der Waals surface area (Å²) in [6, 6.07) is 6.11. The van der Waals surface area contributed by atoms with Gasteiger partial charge < -0.3 is 10.2 Å². The molecule has 0 bridgehead atoms. The van der Waals surface area contributed by atoms with Crippen LogP contribution in [0.4, 0.5) is 0 Å². The molecule has 0 saturated carbocycles. The highest BCUT2D eigenvalue weighted by Crippen LogP contribution is 2.23. The third-order valence-corrected chi connectivity index (χ3v) is 5.53. The van der Waals surface area contributed by atoms with Gasteiger partial charge in [-0.25, -0.2) is 0 Å². The zero-order valence-corrected chi connectivity index (χ0v) is 17.0. The van der Waals surface area contributed by atoms with Crippen molar-refractivity contribution in [3.05, 3.63) is 34.9 Å². The van der Waals surface area contributed by atoms with Gasteiger partial charge in [-0.3, -0.25) is 19.3 Å². The molecule has 0 atom stereocenters. The molecule has 3 rings (SSSR count). The van der Waals surface area contributed by atoms with Gasteiger partial charge in [0.05, 0.1) is 6.54 Å². The lowest BCUT2D eigenvalue weighted by atomic mass is 10.0. The SMILES string of the molecule is CC(C)NC(=O)CN1CCN(C(=O)CCC(=O)c2ccc3c(c2)CCC3)CC1. The smallest absolute Gasteiger partial charge is 0.234 e. The first-order valence-electron chi connectivity index (χ1n) is 10.4. The molecule has 2 aliphatic rings. The van der Waals surface area contributed by atoms with Crippen molar-refractivity contribution in [2.45, 2.75) is 52.0 Å². The van der Waals surface area contributed by atoms with E-state index in [1.165, 1.54) is 11.1 Å². The van der Waals surface area contributed by atoms with Crippen molar-refractivity contribution in [3.63, 3.8) is 0 Å². The number of nitrogens with one attached hydrogen (secondary N) is 1. The van der Waals surface area contributed by atoms with Crippen LogP contribution in [0, 0.1) is 0 Å². The Labute approximate surface area is 167 Å². The minimum Gasteiger partial charge on any atom is -0.353 e. The number of rotatable bonds is 7. The number of benzene rings is 1. The summed E-state index contributed by atoms with van der Waals surface area (Å²) in [4.78, 5) is 40.7. The van der Waals surface area contributed by atoms with Crippen molar-refractivity contribution < 1.29 is 14.4 Å². The number of nitrogens with zero attached hydrogens (tertiary/aromatic N) is 2. The van der Waals surface area contributed by atoms with E-state index in [0.29, 0.717) is 32.7 Å². The lowest BCUT2D eigenvalue weighted by Crippen LogP contribution is -2.51. The Bertz CT molecular complexity index is 737. The number of carbonyl (C=O) groups excluding carboxylic acids is 3. The van der Waals surface area contributed by atoms with Gasteiger partial charge in [-0.1, -0.05) is 12.1 Å². The molecular weight excluding hydrogens is 354 g/mol. The molecule has 1 aliphatic carbocycles. The molecule has 1 saturated heterocycles. The van der Waals surface area contributed by atoms with Crippen LogP contribution in [0.2, 0.25) is 0 Å². The summed E-state index contributed by atoms with van der Waals surface area (Å²) < 4.78 is 0. The Balaban J connectivity index is 1.41. The standard InChI is InChI=1S/C22H31N3O3/c1-16(2)23-21(27)15-24-10-12-25(13-11-24)22(28)9-8-20(26)19-7-6-17-4-3-5-18(17)14-19/h6-7,14,16H,3-5,8-13,15H2,1-2H3,(H,23,27). The van der Waals surface area contributed by atoms with Gasteiger partial charge in [0.25, 0.3) is 0 Å². The largest absolute Gasteiger partial charge is 0.353 e. The van der Waals surface area contributed by atoms with Gasteiger partial charge >= 0.3 is 0 Å². The number of Topliss-reactive ketones (excluding diaryl/α,β-unsaturated/α-hetero) is 1. The second kappa shape index (κ2) is 9.32. The fraction of sp³-hybridized carbons (Fsp3) is 0.591. The van der Waals surface area contributed by atoms with Gasteiger partial charge in [0, 0.05) is 50.6 Å². The average molecular weight is 386 g/mol. The van der Waals surface area contributed by atoms with E-state index in [1.54, 1.807) is 0 Å². The van der Waals surface area contributed by atoms with Crippen LogP contribution < -0.4 is 5.32 Å². The van der Waals surface area contributed by atoms with Crippen LogP contribution in [0.25, 0.3) is 0 Å². The first kappa shape index (κ1) is 20.5. The molecule has 1 aromatic rings. The van der Waals surface area contributed by atoms with Gasteiger partial charge in [0.1, 0.15) is 0 Å². The number of amides is 2. The number of fused-ring (bicyclic) bond motifs is 1. The Morgan fingerprint density at radius 1 is 1.00 bits per heavy atom. The van der Waals surface area contributed by atoms with Crippen LogP contribution in [-0.4, -0.2) is 66.2 Å². The summed E-state index contributed by atoms with van der Waals surface area (Å²) in [6.45, 7) is 6.86. The minimum atomic E-state index is 0.0229. The maximum absolute atomic E-state index is 12.5. The molecule has 28 heavy (non-hydrogen) atoms. The monoisotopic (exact) mass is 385 g/mol. The molecule has 1 aromatic carbocycles. The lowest BCUT2D eigenvalue weighted by Gasteiger charge is -2.34. The molecule has 1 aliphatic heterocycles. The first-order valence-corrected chi connectivity index (χ1v) is 10.4. The first-order chi connectivity index (χ1) is 13.4. The van der Waals surface area contributed by atoms with E-state index in [2.05, 4.69) is 16.3 Å². The molecule has 0 unspecified atom stereocenters. The fourth-order valence-electron chi connectivity index (χ4n) is 3.99. The quantitative estimate of drug-likeness (QED) is 0.727. The van der Waals surface area contributed by atoms with Gasteiger partial charge in [0.15, 0.2) is 5.78 Å². The molecule has 1 N–H and O–H groups in total. The molecule has 0 radical (unpaired) electrons. The zero-order chi connectivity index (χ0) is 20.1. The van der Waals surface area contributed by atoms with E-state index in [-0.39, 0.29) is 36.5 Å². The van der Waals surface area contributed by atoms with E-state index in [9.17, 15) is 14.4 Å². The predicted molar refractivity (Wildman–Crippen MR) is 108 cm³/mol. The summed E-state index contributed by atoms with van der Waals surface area (Å²) in [5, 5.41) is 2.89. The van der Waals surface area contributed by atoms with E-state index < -0.39 is 0 Å². The Morgan fingerprint density at radius 2 is 1.71 bits per heavy atom. The Morgan fingerprint density at radius 3 is 2.43 bits per heavy atom. The van der Waals surface area contributed by atoms with E-state index >= 15 is 0 Å². The van der Waals surface area contributed by atoms with Crippen LogP contribution in [0.15, 0.2) is 18.2 Å². The van der Waals surface area contributed by atoms with Crippen LogP contribution in [0.1, 0.15) is 54.6 Å². The molecule has 2 amide bonds. The second-order valence-corrected chi connectivity index (χ2v) is 8.14. The van der Waals surface area contributed by atoms with Crippen LogP contribution in [0.5, 0.6) is 0 Å². The number of hydrogen-bond donors (Lipinski definition) is 1. The summed E-state index contributed by atoms with van der Waals surface area (Å²) in [6.07, 6.45) is 3.83. The van der Waals surface area contributed by atoms with E-state index in [0.717, 1.165) is 24.8 Å². The third-order valence-electron chi connectivity index (χ3n) is 5.53. The summed E-state index contributed by atoms with van der Waals surface area (Å²) in [7, 11) is 0. The van der Waals surface area contributed by atoms with Gasteiger partial charge in [-0.15, -0.1) is 0 Å². The van der Waals surface area contributed by atoms with Crippen LogP contribution in [-0.2, 0) is 22.4 Å². The van der Waals surface area contributed by atoms with Crippen molar-refractivity contribution in [1.82, 2.24) is 15.1 Å². The summed E-state index contributed by atoms with van der Waals surface area (Å²) in [5.41, 5.74) is 3.37. The zero-order valence-electron chi connectivity index (χ0n) is 17.0. The molecule has 0 spiro atoms. The topological polar surface area (TPSA) is 69.7 Å². The maximum Gasteiger partial charge on any atom is 0.234 e. The maximum atomic E-state index is 12.5. The highest BCUT2D eigenvalue weighted by molar-refractivity contribution is 5.98. The molecule has 1 fully saturated rings. The van der Waals surface area contributed by atoms with Crippen molar-refractivity contribution in [1.29, 1.82) is 0 Å². The minimum absolute atomic E-state index is 0.0229. The average Bonchev–Trinajstić information content (AvgIpc) is 3.13. The van der Waals surface area contributed by atoms with Gasteiger partial charge in [-0.05, 0) is 50.3 Å². The number of carbonyl (C=O) groups is 3. The number of aryl methyl sites for hydroxylation is 2. The normalized spacial score (nSPS) is 16.9. The Kier molecular flexibility index (Phi) is 6.83. The number of piperazine rings is 1. The van der Waals surface area contributed by atoms with Crippen LogP contribution in [0.3, 0.4) is 0 Å². The van der Waals surface area contributed by atoms with Crippen molar-refractivity contribution in [2.75, 3.05) is 32.7 Å². The van der Waals surface area contributed by atoms with Crippen LogP contribution >= 0.6 is 0 Å². The van der Waals surface area contributed by atoms with E-state index in [1.807, 2.05) is 30.9 Å². The third kappa shape index (κ3) is 5.41. The highest BCUT2D eigenvalue weighted by atomic mass is 16.2. The number of ketones is 1. The van der Waals surface area contributed by atoms with Crippen molar-refractivity contribution >= 4 is 17.6 Å². The van der Waals surface area contributed by atoms with Crippen molar-refractivity contribution in [3.8, 4) is 0 Å². The summed E-state index contributed by atoms with van der Waals surface area (Å²) >= 11 is 0.